The topological polar surface area (TPSA) is 12.0 Å². The molecule has 0 aromatic heterocycles. The molecule has 0 spiro atoms. The summed E-state index contributed by atoms with van der Waals surface area (Å²) in [6.45, 7) is 3.57. The van der Waals surface area contributed by atoms with Gasteiger partial charge in [-0.3, -0.25) is 0 Å². The first-order valence-corrected chi connectivity index (χ1v) is 8.26. The zero-order valence-electron chi connectivity index (χ0n) is 11.2. The SMILES string of the molecule is CC1CCCC(NCC2CSc3ccccc32)C1. The molecule has 1 aliphatic carbocycles. The molecule has 1 N–H and O–H groups in total. The third-order valence-electron chi connectivity index (χ3n) is 4.39. The van der Waals surface area contributed by atoms with Crippen LogP contribution in [0.3, 0.4) is 0 Å². The van der Waals surface area contributed by atoms with Crippen LogP contribution in [0.5, 0.6) is 0 Å². The first kappa shape index (κ1) is 12.6. The first-order chi connectivity index (χ1) is 8.83. The summed E-state index contributed by atoms with van der Waals surface area (Å²) in [5.74, 6) is 2.90. The third kappa shape index (κ3) is 2.75. The van der Waals surface area contributed by atoms with Crippen molar-refractivity contribution < 1.29 is 0 Å². The Morgan fingerprint density at radius 1 is 1.28 bits per heavy atom. The standard InChI is InChI=1S/C16H23NS/c1-12-5-4-6-14(9-12)17-10-13-11-18-16-8-3-2-7-15(13)16/h2-3,7-8,12-14,17H,4-6,9-11H2,1H3. The van der Waals surface area contributed by atoms with Gasteiger partial charge in [0.15, 0.2) is 0 Å². The van der Waals surface area contributed by atoms with E-state index in [2.05, 4.69) is 36.5 Å². The Hall–Kier alpha value is -0.470. The molecule has 0 saturated heterocycles. The molecule has 3 unspecified atom stereocenters. The first-order valence-electron chi connectivity index (χ1n) is 7.28. The highest BCUT2D eigenvalue weighted by Gasteiger charge is 2.24. The molecule has 1 saturated carbocycles. The molecule has 18 heavy (non-hydrogen) atoms. The van der Waals surface area contributed by atoms with Crippen LogP contribution in [0.4, 0.5) is 0 Å². The lowest BCUT2D eigenvalue weighted by atomic mass is 9.87. The molecule has 0 amide bonds. The zero-order valence-corrected chi connectivity index (χ0v) is 12.0. The van der Waals surface area contributed by atoms with Crippen molar-refractivity contribution in [2.24, 2.45) is 5.92 Å². The van der Waals surface area contributed by atoms with Crippen molar-refractivity contribution in [1.29, 1.82) is 0 Å². The fourth-order valence-electron chi connectivity index (χ4n) is 3.33. The maximum Gasteiger partial charge on any atom is 0.0108 e. The van der Waals surface area contributed by atoms with Gasteiger partial charge in [0.2, 0.25) is 0 Å². The molecule has 0 bridgehead atoms. The Morgan fingerprint density at radius 2 is 2.17 bits per heavy atom. The van der Waals surface area contributed by atoms with Gasteiger partial charge in [-0.1, -0.05) is 38.0 Å². The van der Waals surface area contributed by atoms with Crippen LogP contribution in [0, 0.1) is 5.92 Å². The summed E-state index contributed by atoms with van der Waals surface area (Å²) in [6.07, 6.45) is 5.60. The summed E-state index contributed by atoms with van der Waals surface area (Å²) < 4.78 is 0. The highest BCUT2D eigenvalue weighted by molar-refractivity contribution is 7.99. The van der Waals surface area contributed by atoms with Crippen molar-refractivity contribution in [3.63, 3.8) is 0 Å². The average Bonchev–Trinajstić information content (AvgIpc) is 2.80. The molecule has 3 rings (SSSR count). The van der Waals surface area contributed by atoms with Crippen LogP contribution < -0.4 is 5.32 Å². The Bertz CT molecular complexity index is 404. The Kier molecular flexibility index (Phi) is 3.95. The number of fused-ring (bicyclic) bond motifs is 1. The second-order valence-electron chi connectivity index (χ2n) is 5.92. The fraction of sp³-hybridized carbons (Fsp3) is 0.625. The molecule has 2 aliphatic rings. The zero-order chi connectivity index (χ0) is 12.4. The summed E-state index contributed by atoms with van der Waals surface area (Å²) in [5.41, 5.74) is 1.57. The molecule has 1 fully saturated rings. The summed E-state index contributed by atoms with van der Waals surface area (Å²) in [4.78, 5) is 1.50. The van der Waals surface area contributed by atoms with Crippen molar-refractivity contribution in [3.05, 3.63) is 29.8 Å². The van der Waals surface area contributed by atoms with Gasteiger partial charge in [-0.05, 0) is 30.4 Å². The number of rotatable bonds is 3. The summed E-state index contributed by atoms with van der Waals surface area (Å²) in [5, 5.41) is 3.82. The molecule has 98 valence electrons. The second kappa shape index (κ2) is 5.66. The minimum absolute atomic E-state index is 0.725. The van der Waals surface area contributed by atoms with Crippen LogP contribution in [0.15, 0.2) is 29.2 Å². The highest BCUT2D eigenvalue weighted by atomic mass is 32.2. The Morgan fingerprint density at radius 3 is 3.06 bits per heavy atom. The predicted molar refractivity (Wildman–Crippen MR) is 79.3 cm³/mol. The number of hydrogen-bond donors (Lipinski definition) is 1. The van der Waals surface area contributed by atoms with E-state index in [-0.39, 0.29) is 0 Å². The quantitative estimate of drug-likeness (QED) is 0.881. The van der Waals surface area contributed by atoms with Crippen LogP contribution in [0.25, 0.3) is 0 Å². The van der Waals surface area contributed by atoms with E-state index in [1.54, 1.807) is 5.56 Å². The minimum Gasteiger partial charge on any atom is -0.313 e. The molecular weight excluding hydrogens is 238 g/mol. The van der Waals surface area contributed by atoms with Crippen molar-refractivity contribution in [3.8, 4) is 0 Å². The van der Waals surface area contributed by atoms with Gasteiger partial charge in [0.1, 0.15) is 0 Å². The molecule has 0 radical (unpaired) electrons. The van der Waals surface area contributed by atoms with Crippen LogP contribution in [0.2, 0.25) is 0 Å². The molecule has 1 aliphatic heterocycles. The molecule has 1 nitrogen and oxygen atoms in total. The predicted octanol–water partition coefficient (Wildman–Crippen LogP) is 4.04. The summed E-state index contributed by atoms with van der Waals surface area (Å²) in [7, 11) is 0. The van der Waals surface area contributed by atoms with Gasteiger partial charge in [0, 0.05) is 29.2 Å². The Balaban J connectivity index is 1.55. The Labute approximate surface area is 115 Å². The third-order valence-corrected chi connectivity index (χ3v) is 5.64. The van der Waals surface area contributed by atoms with Crippen molar-refractivity contribution in [2.75, 3.05) is 12.3 Å². The monoisotopic (exact) mass is 261 g/mol. The van der Waals surface area contributed by atoms with Crippen molar-refractivity contribution in [2.45, 2.75) is 49.5 Å². The molecule has 1 aromatic carbocycles. The van der Waals surface area contributed by atoms with E-state index in [1.165, 1.54) is 42.9 Å². The minimum atomic E-state index is 0.725. The van der Waals surface area contributed by atoms with E-state index in [0.29, 0.717) is 0 Å². The summed E-state index contributed by atoms with van der Waals surface area (Å²) in [6, 6.07) is 9.69. The number of nitrogens with one attached hydrogen (secondary N) is 1. The van der Waals surface area contributed by atoms with Crippen molar-refractivity contribution in [1.82, 2.24) is 5.32 Å². The van der Waals surface area contributed by atoms with Crippen LogP contribution >= 0.6 is 11.8 Å². The lowest BCUT2D eigenvalue weighted by Gasteiger charge is -2.28. The molecule has 2 heteroatoms. The maximum atomic E-state index is 3.82. The molecule has 3 atom stereocenters. The number of thioether (sulfide) groups is 1. The fourth-order valence-corrected chi connectivity index (χ4v) is 4.58. The van der Waals surface area contributed by atoms with Gasteiger partial charge in [0.25, 0.3) is 0 Å². The average molecular weight is 261 g/mol. The van der Waals surface area contributed by atoms with E-state index in [0.717, 1.165) is 17.9 Å². The van der Waals surface area contributed by atoms with Gasteiger partial charge in [-0.2, -0.15) is 0 Å². The van der Waals surface area contributed by atoms with Gasteiger partial charge in [-0.25, -0.2) is 0 Å². The van der Waals surface area contributed by atoms with E-state index >= 15 is 0 Å². The maximum absolute atomic E-state index is 3.82. The molecule has 1 heterocycles. The van der Waals surface area contributed by atoms with E-state index in [9.17, 15) is 0 Å². The van der Waals surface area contributed by atoms with Gasteiger partial charge < -0.3 is 5.32 Å². The van der Waals surface area contributed by atoms with E-state index in [4.69, 9.17) is 0 Å². The van der Waals surface area contributed by atoms with Crippen LogP contribution in [-0.2, 0) is 0 Å². The smallest absolute Gasteiger partial charge is 0.0108 e. The lowest BCUT2D eigenvalue weighted by Crippen LogP contribution is -2.36. The molecular formula is C16H23NS. The second-order valence-corrected chi connectivity index (χ2v) is 6.98. The van der Waals surface area contributed by atoms with E-state index < -0.39 is 0 Å². The highest BCUT2D eigenvalue weighted by Crippen LogP contribution is 2.39. The van der Waals surface area contributed by atoms with Crippen LogP contribution in [-0.4, -0.2) is 18.3 Å². The van der Waals surface area contributed by atoms with Crippen molar-refractivity contribution >= 4 is 11.8 Å². The molecule has 1 aromatic rings. The number of hydrogen-bond acceptors (Lipinski definition) is 2. The lowest BCUT2D eigenvalue weighted by molar-refractivity contribution is 0.299. The van der Waals surface area contributed by atoms with Gasteiger partial charge >= 0.3 is 0 Å². The largest absolute Gasteiger partial charge is 0.313 e. The number of benzene rings is 1. The van der Waals surface area contributed by atoms with E-state index in [1.807, 2.05) is 11.8 Å². The van der Waals surface area contributed by atoms with Gasteiger partial charge in [0.05, 0.1) is 0 Å². The summed E-state index contributed by atoms with van der Waals surface area (Å²) >= 11 is 2.02. The normalized spacial score (nSPS) is 31.3. The van der Waals surface area contributed by atoms with Gasteiger partial charge in [-0.15, -0.1) is 11.8 Å². The van der Waals surface area contributed by atoms with Crippen LogP contribution in [0.1, 0.15) is 44.1 Å².